The van der Waals surface area contributed by atoms with E-state index in [0.29, 0.717) is 59.5 Å². The van der Waals surface area contributed by atoms with Crippen LogP contribution in [0.2, 0.25) is 0 Å². The first-order valence-electron chi connectivity index (χ1n) is 32.2. The maximum Gasteiger partial charge on any atom is 0.335 e. The van der Waals surface area contributed by atoms with Gasteiger partial charge in [-0.1, -0.05) is 130 Å². The van der Waals surface area contributed by atoms with Crippen LogP contribution < -0.4 is 14.5 Å². The summed E-state index contributed by atoms with van der Waals surface area (Å²) in [5.41, 5.74) is 17.4. The first-order chi connectivity index (χ1) is 47.0. The van der Waals surface area contributed by atoms with Crippen LogP contribution in [0.15, 0.2) is 231 Å². The number of ketones is 2. The molecule has 0 aromatic heterocycles. The number of sulfone groups is 2. The van der Waals surface area contributed by atoms with E-state index < -0.39 is 65.6 Å². The standard InChI is InChI=1S/C37H41N5O3S2.C37H43N3O5S3.O2S/c1-37(2)20-22-42(23-21-37)33-16-12-31(13-17-33)36(43)28-47(44,45)35-18-10-30(11-19-35)27-41(24-25-46-34-6-4-3-5-7-34)26-29-8-14-32(15-9-29)39-40-38;1-37(2)20-22-40(23-21-37)33-16-12-31(13-17-33)36(41)28-48(44,45)35-18-10-30(11-19-35)27-39(24-25-46-34-6-4-3-5-7-34)26-29-8-14-32(15-9-29)38-47(42)43;1-3-2/h3-19H,20-28H2,1-2H3;3-19,38H,20-28H2,1-2H3,(H,42,43);/p-1. The molecule has 1 unspecified atom stereocenters. The number of nitrogens with zero attached hydrogens (tertiary/aromatic N) is 7. The lowest BCUT2D eigenvalue weighted by molar-refractivity contribution is 0.101. The van der Waals surface area contributed by atoms with Gasteiger partial charge in [0, 0.05) is 137 Å². The molecule has 2 aliphatic rings. The minimum absolute atomic E-state index is 0.122. The summed E-state index contributed by atoms with van der Waals surface area (Å²) in [7, 11) is -7.64. The van der Waals surface area contributed by atoms with Crippen molar-refractivity contribution in [3.8, 4) is 0 Å². The number of benzene rings is 8. The molecule has 2 heterocycles. The summed E-state index contributed by atoms with van der Waals surface area (Å²) < 4.78 is 93.9. The van der Waals surface area contributed by atoms with Gasteiger partial charge in [0.15, 0.2) is 31.2 Å². The summed E-state index contributed by atoms with van der Waals surface area (Å²) in [6, 6.07) is 63.4. The Labute approximate surface area is 591 Å². The molecule has 8 aromatic rings. The van der Waals surface area contributed by atoms with Gasteiger partial charge in [0.2, 0.25) is 0 Å². The second-order valence-corrected chi connectivity index (χ2v) is 32.9. The Kier molecular flexibility index (Phi) is 28.6. The maximum absolute atomic E-state index is 13.3. The van der Waals surface area contributed by atoms with Crippen molar-refractivity contribution >= 4 is 100 Å². The Morgan fingerprint density at radius 2 is 0.847 bits per heavy atom. The van der Waals surface area contributed by atoms with Crippen LogP contribution in [-0.2, 0) is 68.7 Å². The van der Waals surface area contributed by atoms with Gasteiger partial charge < -0.3 is 19.1 Å². The molecule has 1 atom stereocenters. The molecule has 516 valence electrons. The SMILES string of the molecule is CC1(C)CCN(c2ccc(C(=O)CS(=O)(=O)c3ccc(CN(CCSc4ccccc4)Cc4ccc(N=[N+]=[N-])cc4)cc3)cc2)CC1.CC1(C)CCN(c2ccc(C(=O)CS(=O)(=O)c3ccc(CN(CCSc4ccccc4)Cc4ccc(NS(=O)[O-])cc4)cc3)cc2)CC1.O=S=O. The molecule has 0 aliphatic carbocycles. The van der Waals surface area contributed by atoms with E-state index in [1.54, 1.807) is 108 Å². The zero-order valence-corrected chi connectivity index (χ0v) is 60.4. The Bertz CT molecular complexity index is 4200. The van der Waals surface area contributed by atoms with E-state index in [0.717, 1.165) is 110 Å². The summed E-state index contributed by atoms with van der Waals surface area (Å²) >= 11 is 0.413. The Morgan fingerprint density at radius 3 is 1.17 bits per heavy atom. The first kappa shape index (κ1) is 76.0. The van der Waals surface area contributed by atoms with Gasteiger partial charge in [0.05, 0.1) is 9.79 Å². The molecular weight excluding hydrogens is 1350 g/mol. The topological polar surface area (TPSA) is 250 Å². The van der Waals surface area contributed by atoms with Crippen LogP contribution in [0.1, 0.15) is 96.3 Å². The van der Waals surface area contributed by atoms with Crippen molar-refractivity contribution in [1.29, 1.82) is 0 Å². The molecular formula is C74H83N8O10S6-. The summed E-state index contributed by atoms with van der Waals surface area (Å²) in [6.07, 6.45) is 4.45. The van der Waals surface area contributed by atoms with Gasteiger partial charge in [-0.05, 0) is 173 Å². The van der Waals surface area contributed by atoms with E-state index in [2.05, 4.69) is 86.3 Å². The van der Waals surface area contributed by atoms with Crippen LogP contribution in [0.25, 0.3) is 10.4 Å². The fourth-order valence-electron chi connectivity index (χ4n) is 11.3. The number of carbonyl (C=O) groups excluding carboxylic acids is 2. The number of hydrogen-bond donors (Lipinski definition) is 1. The maximum atomic E-state index is 13.3. The molecule has 10 rings (SSSR count). The van der Waals surface area contributed by atoms with Gasteiger partial charge in [-0.2, -0.15) is 8.42 Å². The van der Waals surface area contributed by atoms with Gasteiger partial charge >= 0.3 is 11.6 Å². The van der Waals surface area contributed by atoms with Crippen molar-refractivity contribution < 1.29 is 43.6 Å². The van der Waals surface area contributed by atoms with E-state index in [1.165, 1.54) is 9.79 Å². The third kappa shape index (κ3) is 24.6. The zero-order chi connectivity index (χ0) is 70.1. The second kappa shape index (κ2) is 36.9. The second-order valence-electron chi connectivity index (χ2n) is 25.8. The van der Waals surface area contributed by atoms with Gasteiger partial charge in [-0.3, -0.25) is 23.6 Å². The molecule has 2 saturated heterocycles. The van der Waals surface area contributed by atoms with Crippen LogP contribution in [0, 0.1) is 10.8 Å². The number of carbonyl (C=O) groups is 2. The molecule has 0 spiro atoms. The Morgan fingerprint density at radius 1 is 0.520 bits per heavy atom. The fourth-order valence-corrected chi connectivity index (χ4v) is 16.0. The highest BCUT2D eigenvalue weighted by Crippen LogP contribution is 2.34. The molecule has 2 aliphatic heterocycles. The van der Waals surface area contributed by atoms with E-state index in [-0.39, 0.29) is 9.79 Å². The summed E-state index contributed by atoms with van der Waals surface area (Å²) in [4.78, 5) is 40.8. The van der Waals surface area contributed by atoms with Gasteiger partial charge in [0.25, 0.3) is 0 Å². The lowest BCUT2D eigenvalue weighted by Gasteiger charge is -2.38. The Balaban J connectivity index is 0.000000240. The molecule has 0 radical (unpaired) electrons. The minimum Gasteiger partial charge on any atom is -0.755 e. The summed E-state index contributed by atoms with van der Waals surface area (Å²) in [5, 5.41) is 3.66. The lowest BCUT2D eigenvalue weighted by atomic mass is 9.82. The monoisotopic (exact) mass is 1440 g/mol. The molecule has 8 aromatic carbocycles. The number of rotatable bonds is 29. The third-order valence-corrected chi connectivity index (χ3v) is 22.9. The molecule has 0 saturated carbocycles. The number of piperidine rings is 2. The van der Waals surface area contributed by atoms with Crippen molar-refractivity contribution in [1.82, 2.24) is 9.80 Å². The van der Waals surface area contributed by atoms with Crippen molar-refractivity contribution in [2.24, 2.45) is 15.9 Å². The van der Waals surface area contributed by atoms with Gasteiger partial charge in [-0.15, -0.1) is 23.5 Å². The molecule has 18 nitrogen and oxygen atoms in total. The van der Waals surface area contributed by atoms with E-state index in [1.807, 2.05) is 97.1 Å². The van der Waals surface area contributed by atoms with Crippen LogP contribution >= 0.6 is 23.5 Å². The van der Waals surface area contributed by atoms with Gasteiger partial charge in [0.1, 0.15) is 11.5 Å². The quantitative estimate of drug-likeness (QED) is 0.0114. The van der Waals surface area contributed by atoms with Crippen molar-refractivity contribution in [3.05, 3.63) is 250 Å². The van der Waals surface area contributed by atoms with E-state index in [9.17, 15) is 35.2 Å². The number of Topliss-reactive ketones (excluding diaryl/α,β-unsaturated/α-hetero) is 2. The molecule has 0 amide bonds. The highest BCUT2D eigenvalue weighted by molar-refractivity contribution is 7.99. The average molecular weight is 1440 g/mol. The van der Waals surface area contributed by atoms with E-state index >= 15 is 0 Å². The number of anilines is 3. The molecule has 2 fully saturated rings. The molecule has 98 heavy (non-hydrogen) atoms. The lowest BCUT2D eigenvalue weighted by Crippen LogP contribution is -2.37. The predicted molar refractivity (Wildman–Crippen MR) is 395 cm³/mol. The zero-order valence-electron chi connectivity index (χ0n) is 55.5. The van der Waals surface area contributed by atoms with Crippen molar-refractivity contribution in [2.45, 2.75) is 99.1 Å². The largest absolute Gasteiger partial charge is 0.755 e. The number of azide groups is 1. The van der Waals surface area contributed by atoms with Crippen LogP contribution in [0.3, 0.4) is 0 Å². The fraction of sp³-hybridized carbons (Fsp3) is 0.324. The highest BCUT2D eigenvalue weighted by atomic mass is 32.2. The van der Waals surface area contributed by atoms with Crippen LogP contribution in [0.4, 0.5) is 22.7 Å². The molecule has 1 N–H and O–H groups in total. The van der Waals surface area contributed by atoms with Crippen LogP contribution in [-0.4, -0.2) is 118 Å². The predicted octanol–water partition coefficient (Wildman–Crippen LogP) is 15.0. The number of nitrogens with one attached hydrogen (secondary N) is 1. The average Bonchev–Trinajstić information content (AvgIpc) is 0.839. The number of thioether (sulfide) groups is 2. The smallest absolute Gasteiger partial charge is 0.335 e. The molecule has 0 bridgehead atoms. The van der Waals surface area contributed by atoms with E-state index in [4.69, 9.17) is 13.9 Å². The van der Waals surface area contributed by atoms with Gasteiger partial charge in [-0.25, -0.2) is 16.8 Å². The first-order valence-corrected chi connectivity index (χ1v) is 39.2. The summed E-state index contributed by atoms with van der Waals surface area (Å²) in [5.74, 6) is -0.253. The third-order valence-electron chi connectivity index (χ3n) is 17.3. The minimum atomic E-state index is -3.83. The van der Waals surface area contributed by atoms with Crippen molar-refractivity contribution in [3.63, 3.8) is 0 Å². The summed E-state index contributed by atoms with van der Waals surface area (Å²) in [6.45, 7) is 17.1. The normalized spacial score (nSPS) is 14.6. The van der Waals surface area contributed by atoms with Crippen LogP contribution in [0.5, 0.6) is 0 Å². The Hall–Kier alpha value is -7.74. The number of hydrogen-bond acceptors (Lipinski definition) is 17. The van der Waals surface area contributed by atoms with Crippen molar-refractivity contribution in [2.75, 3.05) is 76.8 Å². The highest BCUT2D eigenvalue weighted by Gasteiger charge is 2.28. The molecule has 24 heteroatoms.